The van der Waals surface area contributed by atoms with Crippen LogP contribution in [0.4, 0.5) is 4.39 Å². The molecule has 18 heavy (non-hydrogen) atoms. The van der Waals surface area contributed by atoms with E-state index in [1.54, 1.807) is 6.20 Å². The van der Waals surface area contributed by atoms with Gasteiger partial charge in [0.1, 0.15) is 5.82 Å². The lowest BCUT2D eigenvalue weighted by Crippen LogP contribution is -2.21. The highest BCUT2D eigenvalue weighted by molar-refractivity contribution is 6.32. The Morgan fingerprint density at radius 1 is 1.44 bits per heavy atom. The minimum atomic E-state index is -0.355. The van der Waals surface area contributed by atoms with E-state index < -0.39 is 0 Å². The second-order valence-electron chi connectivity index (χ2n) is 4.29. The van der Waals surface area contributed by atoms with E-state index in [0.717, 1.165) is 5.69 Å². The summed E-state index contributed by atoms with van der Waals surface area (Å²) in [6.45, 7) is 4.71. The zero-order valence-electron chi connectivity index (χ0n) is 10.2. The summed E-state index contributed by atoms with van der Waals surface area (Å²) in [6, 6.07) is 4.51. The maximum Gasteiger partial charge on any atom is 0.125 e. The topological polar surface area (TPSA) is 42.7 Å². The average Bonchev–Trinajstić information content (AvgIpc) is 2.78. The van der Waals surface area contributed by atoms with E-state index >= 15 is 0 Å². The number of benzene rings is 1. The van der Waals surface area contributed by atoms with Gasteiger partial charge < -0.3 is 5.32 Å². The van der Waals surface area contributed by atoms with Crippen LogP contribution in [0.2, 0.25) is 5.02 Å². The van der Waals surface area contributed by atoms with Crippen molar-refractivity contribution in [3.63, 3.8) is 0 Å². The number of hydrogen-bond acceptors (Lipinski definition) is 3. The lowest BCUT2D eigenvalue weighted by atomic mass is 10.3. The Balaban J connectivity index is 2.21. The van der Waals surface area contributed by atoms with Gasteiger partial charge in [-0.3, -0.25) is 0 Å². The zero-order valence-corrected chi connectivity index (χ0v) is 10.9. The molecule has 0 atom stereocenters. The first-order chi connectivity index (χ1) is 8.56. The SMILES string of the molecule is CC(C)NCc1cn(-c2cc(F)ccc2Cl)nn1. The van der Waals surface area contributed by atoms with Crippen LogP contribution in [0.3, 0.4) is 0 Å². The molecular weight excluding hydrogens is 255 g/mol. The highest BCUT2D eigenvalue weighted by Crippen LogP contribution is 2.20. The first-order valence-corrected chi connectivity index (χ1v) is 6.04. The highest BCUT2D eigenvalue weighted by atomic mass is 35.5. The van der Waals surface area contributed by atoms with Crippen molar-refractivity contribution in [2.45, 2.75) is 26.4 Å². The smallest absolute Gasteiger partial charge is 0.125 e. The normalized spacial score (nSPS) is 11.2. The Morgan fingerprint density at radius 2 is 2.22 bits per heavy atom. The molecule has 1 N–H and O–H groups in total. The van der Waals surface area contributed by atoms with E-state index in [-0.39, 0.29) is 5.82 Å². The minimum Gasteiger partial charge on any atom is -0.309 e. The van der Waals surface area contributed by atoms with E-state index in [1.165, 1.54) is 22.9 Å². The third-order valence-corrected chi connectivity index (χ3v) is 2.71. The van der Waals surface area contributed by atoms with Gasteiger partial charge in [-0.1, -0.05) is 30.7 Å². The van der Waals surface area contributed by atoms with Crippen LogP contribution >= 0.6 is 11.6 Å². The number of nitrogens with zero attached hydrogens (tertiary/aromatic N) is 3. The van der Waals surface area contributed by atoms with Crippen LogP contribution in [-0.2, 0) is 6.54 Å². The van der Waals surface area contributed by atoms with Crippen LogP contribution < -0.4 is 5.32 Å². The molecule has 6 heteroatoms. The minimum absolute atomic E-state index is 0.355. The van der Waals surface area contributed by atoms with Crippen LogP contribution in [0.25, 0.3) is 5.69 Å². The molecule has 4 nitrogen and oxygen atoms in total. The predicted molar refractivity (Wildman–Crippen MR) is 68.3 cm³/mol. The molecule has 0 amide bonds. The van der Waals surface area contributed by atoms with Crippen LogP contribution in [0.5, 0.6) is 0 Å². The number of nitrogens with one attached hydrogen (secondary N) is 1. The van der Waals surface area contributed by atoms with Crippen LogP contribution in [0.1, 0.15) is 19.5 Å². The van der Waals surface area contributed by atoms with Crippen molar-refractivity contribution >= 4 is 11.6 Å². The predicted octanol–water partition coefficient (Wildman–Crippen LogP) is 2.56. The third-order valence-electron chi connectivity index (χ3n) is 2.39. The Morgan fingerprint density at radius 3 is 2.94 bits per heavy atom. The molecule has 1 aromatic carbocycles. The van der Waals surface area contributed by atoms with Gasteiger partial charge in [-0.2, -0.15) is 0 Å². The van der Waals surface area contributed by atoms with Gasteiger partial charge in [0.2, 0.25) is 0 Å². The van der Waals surface area contributed by atoms with Gasteiger partial charge in [0.15, 0.2) is 0 Å². The molecule has 0 aliphatic carbocycles. The Hall–Kier alpha value is -1.46. The van der Waals surface area contributed by atoms with Gasteiger partial charge in [-0.05, 0) is 12.1 Å². The lowest BCUT2D eigenvalue weighted by molar-refractivity contribution is 0.580. The Labute approximate surface area is 110 Å². The summed E-state index contributed by atoms with van der Waals surface area (Å²) in [5.41, 5.74) is 1.27. The summed E-state index contributed by atoms with van der Waals surface area (Å²) >= 11 is 6.00. The summed E-state index contributed by atoms with van der Waals surface area (Å²) in [6.07, 6.45) is 1.73. The van der Waals surface area contributed by atoms with Crippen molar-refractivity contribution in [1.29, 1.82) is 0 Å². The van der Waals surface area contributed by atoms with E-state index in [2.05, 4.69) is 15.6 Å². The van der Waals surface area contributed by atoms with Crippen molar-refractivity contribution in [1.82, 2.24) is 20.3 Å². The van der Waals surface area contributed by atoms with Crippen LogP contribution in [0, 0.1) is 5.82 Å². The highest BCUT2D eigenvalue weighted by Gasteiger charge is 2.08. The molecule has 0 unspecified atom stereocenters. The van der Waals surface area contributed by atoms with E-state index in [1.807, 2.05) is 13.8 Å². The van der Waals surface area contributed by atoms with E-state index in [9.17, 15) is 4.39 Å². The Bertz CT molecular complexity index is 539. The van der Waals surface area contributed by atoms with Crippen molar-refractivity contribution in [3.05, 3.63) is 40.9 Å². The number of hydrogen-bond donors (Lipinski definition) is 1. The van der Waals surface area contributed by atoms with Gasteiger partial charge in [-0.15, -0.1) is 5.10 Å². The molecule has 1 heterocycles. The number of aromatic nitrogens is 3. The molecule has 0 saturated heterocycles. The van der Waals surface area contributed by atoms with Crippen molar-refractivity contribution < 1.29 is 4.39 Å². The zero-order chi connectivity index (χ0) is 13.1. The van der Waals surface area contributed by atoms with E-state index in [4.69, 9.17) is 11.6 Å². The summed E-state index contributed by atoms with van der Waals surface area (Å²) in [5.74, 6) is -0.355. The van der Waals surface area contributed by atoms with Crippen molar-refractivity contribution in [2.75, 3.05) is 0 Å². The first-order valence-electron chi connectivity index (χ1n) is 5.66. The molecule has 0 fully saturated rings. The second kappa shape index (κ2) is 5.46. The molecule has 0 bridgehead atoms. The van der Waals surface area contributed by atoms with Gasteiger partial charge in [0.25, 0.3) is 0 Å². The average molecular weight is 269 g/mol. The molecule has 2 aromatic rings. The molecule has 0 saturated carbocycles. The molecule has 1 aromatic heterocycles. The quantitative estimate of drug-likeness (QED) is 0.927. The second-order valence-corrected chi connectivity index (χ2v) is 4.69. The maximum atomic E-state index is 13.2. The van der Waals surface area contributed by atoms with Gasteiger partial charge in [0, 0.05) is 18.7 Å². The summed E-state index contributed by atoms with van der Waals surface area (Å²) in [5, 5.41) is 11.6. The molecule has 0 spiro atoms. The van der Waals surface area contributed by atoms with E-state index in [0.29, 0.717) is 23.3 Å². The molecule has 0 radical (unpaired) electrons. The van der Waals surface area contributed by atoms with Crippen molar-refractivity contribution in [3.8, 4) is 5.69 Å². The van der Waals surface area contributed by atoms with Gasteiger partial charge >= 0.3 is 0 Å². The summed E-state index contributed by atoms with van der Waals surface area (Å²) in [4.78, 5) is 0. The fourth-order valence-corrected chi connectivity index (χ4v) is 1.67. The summed E-state index contributed by atoms with van der Waals surface area (Å²) in [7, 11) is 0. The van der Waals surface area contributed by atoms with Crippen molar-refractivity contribution in [2.24, 2.45) is 0 Å². The fourth-order valence-electron chi connectivity index (χ4n) is 1.47. The molecule has 0 aliphatic heterocycles. The maximum absolute atomic E-state index is 13.2. The number of halogens is 2. The van der Waals surface area contributed by atoms with Gasteiger partial charge in [-0.25, -0.2) is 9.07 Å². The fraction of sp³-hybridized carbons (Fsp3) is 0.333. The Kier molecular flexibility index (Phi) is 3.93. The van der Waals surface area contributed by atoms with Gasteiger partial charge in [0.05, 0.1) is 22.6 Å². The molecule has 0 aliphatic rings. The standard InChI is InChI=1S/C12H14ClFN4/c1-8(2)15-6-10-7-18(17-16-10)12-5-9(14)3-4-11(12)13/h3-5,7-8,15H,6H2,1-2H3. The molecule has 2 rings (SSSR count). The molecule has 96 valence electrons. The third kappa shape index (κ3) is 3.05. The monoisotopic (exact) mass is 268 g/mol. The summed E-state index contributed by atoms with van der Waals surface area (Å²) < 4.78 is 14.6. The molecular formula is C12H14ClFN4. The largest absolute Gasteiger partial charge is 0.309 e. The van der Waals surface area contributed by atoms with Crippen LogP contribution in [0.15, 0.2) is 24.4 Å². The van der Waals surface area contributed by atoms with Crippen LogP contribution in [-0.4, -0.2) is 21.0 Å². The first kappa shape index (κ1) is 13.0. The lowest BCUT2D eigenvalue weighted by Gasteiger charge is -2.04. The number of rotatable bonds is 4.